The predicted molar refractivity (Wildman–Crippen MR) is 150 cm³/mol. The minimum Gasteiger partial charge on any atom is -0.480 e. The molecular formula is C27H34ClN5O6S. The van der Waals surface area contributed by atoms with Gasteiger partial charge in [-0.25, -0.2) is 18.2 Å². The molecule has 11 nitrogen and oxygen atoms in total. The number of unbranched alkanes of at least 4 members (excludes halogenated alkanes) is 1. The van der Waals surface area contributed by atoms with E-state index in [-0.39, 0.29) is 36.9 Å². The second-order valence-corrected chi connectivity index (χ2v) is 12.6. The van der Waals surface area contributed by atoms with Crippen molar-refractivity contribution in [3.63, 3.8) is 0 Å². The molecule has 4 N–H and O–H groups in total. The Kier molecular flexibility index (Phi) is 9.64. The fourth-order valence-electron chi connectivity index (χ4n) is 4.69. The number of anilines is 1. The van der Waals surface area contributed by atoms with Crippen LogP contribution in [0.2, 0.25) is 5.02 Å². The van der Waals surface area contributed by atoms with Crippen LogP contribution in [0.4, 0.5) is 5.82 Å². The first-order valence-corrected chi connectivity index (χ1v) is 15.1. The molecule has 2 aliphatic rings. The van der Waals surface area contributed by atoms with Gasteiger partial charge in [-0.1, -0.05) is 17.7 Å². The summed E-state index contributed by atoms with van der Waals surface area (Å²) in [4.78, 5) is 41.2. The molecule has 0 radical (unpaired) electrons. The highest BCUT2D eigenvalue weighted by molar-refractivity contribution is 7.89. The number of nitrogens with zero attached hydrogens (tertiary/aromatic N) is 2. The van der Waals surface area contributed by atoms with Crippen molar-refractivity contribution in [1.29, 1.82) is 0 Å². The van der Waals surface area contributed by atoms with Crippen LogP contribution in [0, 0.1) is 12.8 Å². The second kappa shape index (κ2) is 13.0. The van der Waals surface area contributed by atoms with Crippen LogP contribution in [0.25, 0.3) is 0 Å². The van der Waals surface area contributed by atoms with Gasteiger partial charge in [0.1, 0.15) is 11.9 Å². The average Bonchev–Trinajstić information content (AvgIpc) is 2.87. The third kappa shape index (κ3) is 7.49. The van der Waals surface area contributed by atoms with Gasteiger partial charge in [0.25, 0.3) is 0 Å². The summed E-state index contributed by atoms with van der Waals surface area (Å²) in [5.74, 6) is -1.93. The summed E-state index contributed by atoms with van der Waals surface area (Å²) < 4.78 is 26.8. The summed E-state index contributed by atoms with van der Waals surface area (Å²) in [5, 5.41) is 18.1. The summed E-state index contributed by atoms with van der Waals surface area (Å²) in [7, 11) is -3.82. The van der Waals surface area contributed by atoms with Gasteiger partial charge in [-0.05, 0) is 74.4 Å². The zero-order chi connectivity index (χ0) is 28.9. The molecule has 2 aliphatic heterocycles. The van der Waals surface area contributed by atoms with E-state index in [0.717, 1.165) is 48.0 Å². The molecule has 0 bridgehead atoms. The van der Waals surface area contributed by atoms with Gasteiger partial charge in [0.15, 0.2) is 0 Å². The molecule has 0 saturated carbocycles. The molecule has 4 rings (SSSR count). The molecule has 1 aromatic heterocycles. The molecule has 2 amide bonds. The summed E-state index contributed by atoms with van der Waals surface area (Å²) in [6.45, 7) is 2.23. The first-order valence-electron chi connectivity index (χ1n) is 13.3. The van der Waals surface area contributed by atoms with Crippen LogP contribution in [-0.4, -0.2) is 72.8 Å². The Balaban J connectivity index is 1.17. The number of aliphatic carboxylic acids is 1. The van der Waals surface area contributed by atoms with Crippen LogP contribution in [0.1, 0.15) is 42.5 Å². The maximum Gasteiger partial charge on any atom is 0.328 e. The van der Waals surface area contributed by atoms with Crippen LogP contribution in [-0.2, 0) is 37.2 Å². The average molecular weight is 592 g/mol. The van der Waals surface area contributed by atoms with E-state index in [4.69, 9.17) is 11.6 Å². The molecule has 2 aromatic rings. The van der Waals surface area contributed by atoms with Crippen LogP contribution >= 0.6 is 11.6 Å². The number of aromatic nitrogens is 1. The molecule has 0 unspecified atom stereocenters. The summed E-state index contributed by atoms with van der Waals surface area (Å²) in [6, 6.07) is 7.27. The van der Waals surface area contributed by atoms with Gasteiger partial charge in [0, 0.05) is 43.3 Å². The van der Waals surface area contributed by atoms with Crippen LogP contribution < -0.4 is 16.0 Å². The van der Waals surface area contributed by atoms with E-state index in [1.165, 1.54) is 17.7 Å². The maximum atomic E-state index is 12.8. The normalized spacial score (nSPS) is 16.2. The molecule has 0 spiro atoms. The highest BCUT2D eigenvalue weighted by atomic mass is 35.5. The molecule has 1 saturated heterocycles. The van der Waals surface area contributed by atoms with E-state index in [2.05, 4.69) is 27.0 Å². The molecule has 1 aromatic carbocycles. The van der Waals surface area contributed by atoms with Crippen LogP contribution in [0.5, 0.6) is 0 Å². The van der Waals surface area contributed by atoms with Crippen molar-refractivity contribution in [2.75, 3.05) is 31.5 Å². The third-order valence-corrected chi connectivity index (χ3v) is 9.06. The van der Waals surface area contributed by atoms with E-state index in [0.29, 0.717) is 17.0 Å². The van der Waals surface area contributed by atoms with Gasteiger partial charge < -0.3 is 21.1 Å². The highest BCUT2D eigenvalue weighted by Gasteiger charge is 2.41. The van der Waals surface area contributed by atoms with Gasteiger partial charge in [0.2, 0.25) is 21.8 Å². The van der Waals surface area contributed by atoms with Crippen molar-refractivity contribution < 1.29 is 27.9 Å². The van der Waals surface area contributed by atoms with Crippen molar-refractivity contribution in [1.82, 2.24) is 19.9 Å². The lowest BCUT2D eigenvalue weighted by Gasteiger charge is -2.37. The van der Waals surface area contributed by atoms with E-state index < -0.39 is 33.9 Å². The number of sulfonamides is 1. The largest absolute Gasteiger partial charge is 0.480 e. The van der Waals surface area contributed by atoms with E-state index in [1.807, 2.05) is 6.07 Å². The Morgan fingerprint density at radius 2 is 1.98 bits per heavy atom. The number of nitrogens with one attached hydrogen (secondary N) is 3. The molecule has 0 aliphatic carbocycles. The quantitative estimate of drug-likeness (QED) is 0.273. The fraction of sp³-hybridized carbons (Fsp3) is 0.481. The molecule has 1 fully saturated rings. The highest BCUT2D eigenvalue weighted by Crippen LogP contribution is 2.28. The second-order valence-electron chi connectivity index (χ2n) is 10.2. The smallest absolute Gasteiger partial charge is 0.328 e. The number of carboxylic acids is 1. The lowest BCUT2D eigenvalue weighted by Crippen LogP contribution is -2.58. The Morgan fingerprint density at radius 3 is 2.70 bits per heavy atom. The van der Waals surface area contributed by atoms with Crippen LogP contribution in [0.3, 0.4) is 0 Å². The number of aryl methyl sites for hydroxylation is 3. The Labute approximate surface area is 238 Å². The van der Waals surface area contributed by atoms with Gasteiger partial charge in [0.05, 0.1) is 10.8 Å². The summed E-state index contributed by atoms with van der Waals surface area (Å²) in [5.41, 5.74) is 2.88. The van der Waals surface area contributed by atoms with Gasteiger partial charge >= 0.3 is 5.97 Å². The first-order chi connectivity index (χ1) is 19.0. The fourth-order valence-corrected chi connectivity index (χ4v) is 6.71. The minimum atomic E-state index is -3.82. The molecule has 13 heteroatoms. The lowest BCUT2D eigenvalue weighted by molar-refractivity contribution is -0.143. The standard InChI is InChI=1S/C27H34ClN5O6S/c1-17-11-20(28)13-22(12-17)40(38,39)33-15-19(16-33)26(35)32-23(27(36)37)14-30-24(34)7-3-2-6-21-9-8-18-5-4-10-29-25(18)31-21/h8-9,11-13,19,23H,2-7,10,14-16H2,1H3,(H,29,31)(H,30,34)(H,32,35)(H,36,37)/t23-/m0/s1. The van der Waals surface area contributed by atoms with Crippen molar-refractivity contribution in [2.45, 2.75) is 56.4 Å². The Morgan fingerprint density at radius 1 is 1.20 bits per heavy atom. The van der Waals surface area contributed by atoms with Gasteiger partial charge in [-0.2, -0.15) is 4.31 Å². The zero-order valence-electron chi connectivity index (χ0n) is 22.3. The predicted octanol–water partition coefficient (Wildman–Crippen LogP) is 2.12. The summed E-state index contributed by atoms with van der Waals surface area (Å²) in [6.07, 6.45) is 4.46. The van der Waals surface area contributed by atoms with E-state index in [1.54, 1.807) is 13.0 Å². The molecule has 3 heterocycles. The number of amides is 2. The number of benzene rings is 1. The Hall–Kier alpha value is -3.22. The van der Waals surface area contributed by atoms with Gasteiger partial charge in [-0.3, -0.25) is 9.59 Å². The topological polar surface area (TPSA) is 158 Å². The number of hydrogen-bond acceptors (Lipinski definition) is 7. The number of halogens is 1. The number of pyridine rings is 1. The number of carbonyl (C=O) groups is 3. The number of hydrogen-bond donors (Lipinski definition) is 4. The van der Waals surface area contributed by atoms with Gasteiger partial charge in [-0.15, -0.1) is 0 Å². The van der Waals surface area contributed by atoms with Crippen LogP contribution in [0.15, 0.2) is 35.2 Å². The van der Waals surface area contributed by atoms with E-state index >= 15 is 0 Å². The molecule has 40 heavy (non-hydrogen) atoms. The molecular weight excluding hydrogens is 558 g/mol. The van der Waals surface area contributed by atoms with Crippen molar-refractivity contribution in [3.05, 3.63) is 52.2 Å². The number of rotatable bonds is 12. The Bertz CT molecular complexity index is 1360. The lowest BCUT2D eigenvalue weighted by atomic mass is 10.0. The van der Waals surface area contributed by atoms with Crippen molar-refractivity contribution >= 4 is 45.2 Å². The van der Waals surface area contributed by atoms with Crippen molar-refractivity contribution in [2.24, 2.45) is 5.92 Å². The SMILES string of the molecule is Cc1cc(Cl)cc(S(=O)(=O)N2CC(C(=O)N[C@@H](CNC(=O)CCCCc3ccc4c(n3)NCCC4)C(=O)O)C2)c1. The number of carboxylic acid groups (broad SMARTS) is 1. The number of fused-ring (bicyclic) bond motifs is 1. The minimum absolute atomic E-state index is 0.0402. The molecule has 1 atom stereocenters. The monoisotopic (exact) mass is 591 g/mol. The van der Waals surface area contributed by atoms with E-state index in [9.17, 15) is 27.9 Å². The zero-order valence-corrected chi connectivity index (χ0v) is 23.9. The molecule has 216 valence electrons. The van der Waals surface area contributed by atoms with Crippen molar-refractivity contribution in [3.8, 4) is 0 Å². The number of carbonyl (C=O) groups excluding carboxylic acids is 2. The first kappa shape index (κ1) is 29.8. The maximum absolute atomic E-state index is 12.8. The third-order valence-electron chi connectivity index (χ3n) is 7.03. The summed E-state index contributed by atoms with van der Waals surface area (Å²) >= 11 is 5.98.